The number of piperazine rings is 1. The van der Waals surface area contributed by atoms with E-state index in [4.69, 9.17) is 0 Å². The van der Waals surface area contributed by atoms with E-state index in [2.05, 4.69) is 30.1 Å². The smallest absolute Gasteiger partial charge is 0.241 e. The summed E-state index contributed by atoms with van der Waals surface area (Å²) in [7, 11) is 0. The number of carbonyl (C=O) groups is 1. The number of amides is 1. The molecule has 1 aliphatic heterocycles. The summed E-state index contributed by atoms with van der Waals surface area (Å²) in [4.78, 5) is 30.1. The second kappa shape index (κ2) is 7.67. The number of anilines is 2. The van der Waals surface area contributed by atoms with Gasteiger partial charge < -0.3 is 10.2 Å². The summed E-state index contributed by atoms with van der Waals surface area (Å²) in [5.74, 6) is 0.744. The van der Waals surface area contributed by atoms with E-state index in [1.54, 1.807) is 18.6 Å². The summed E-state index contributed by atoms with van der Waals surface area (Å²) in [5.41, 5.74) is 1.67. The Labute approximate surface area is 158 Å². The second-order valence-corrected chi connectivity index (χ2v) is 6.61. The van der Waals surface area contributed by atoms with Crippen LogP contribution in [0.2, 0.25) is 0 Å². The Kier molecular flexibility index (Phi) is 4.93. The molecule has 4 rings (SSSR count). The van der Waals surface area contributed by atoms with E-state index in [1.165, 1.54) is 0 Å². The van der Waals surface area contributed by atoms with Crippen molar-refractivity contribution in [3.8, 4) is 0 Å². The first-order chi connectivity index (χ1) is 13.2. The molecule has 3 heterocycles. The number of nitrogens with zero attached hydrogens (tertiary/aromatic N) is 5. The Morgan fingerprint density at radius 3 is 2.48 bits per heavy atom. The third-order valence-corrected chi connectivity index (χ3v) is 4.98. The normalized spacial score (nSPS) is 16.3. The Balaban J connectivity index is 1.40. The Morgan fingerprint density at radius 1 is 0.963 bits per heavy atom. The number of nitrogens with one attached hydrogen (secondary N) is 1. The molecule has 27 heavy (non-hydrogen) atoms. The van der Waals surface area contributed by atoms with Gasteiger partial charge in [-0.3, -0.25) is 14.7 Å². The van der Waals surface area contributed by atoms with Crippen molar-refractivity contribution >= 4 is 28.4 Å². The molecular weight excluding hydrogens is 340 g/mol. The van der Waals surface area contributed by atoms with Crippen LogP contribution >= 0.6 is 0 Å². The van der Waals surface area contributed by atoms with Crippen molar-refractivity contribution in [3.63, 3.8) is 0 Å². The quantitative estimate of drug-likeness (QED) is 0.767. The van der Waals surface area contributed by atoms with E-state index in [0.717, 1.165) is 48.7 Å². The average molecular weight is 362 g/mol. The summed E-state index contributed by atoms with van der Waals surface area (Å²) < 4.78 is 0. The van der Waals surface area contributed by atoms with Gasteiger partial charge in [0.15, 0.2) is 0 Å². The maximum atomic E-state index is 12.8. The fourth-order valence-electron chi connectivity index (χ4n) is 3.38. The molecule has 7 nitrogen and oxygen atoms in total. The molecule has 1 aliphatic rings. The van der Waals surface area contributed by atoms with Crippen molar-refractivity contribution in [2.24, 2.45) is 0 Å². The molecule has 0 radical (unpaired) electrons. The molecule has 2 aromatic heterocycles. The zero-order chi connectivity index (χ0) is 18.6. The van der Waals surface area contributed by atoms with E-state index in [1.807, 2.05) is 43.3 Å². The Bertz CT molecular complexity index is 919. The van der Waals surface area contributed by atoms with Gasteiger partial charge in [-0.15, -0.1) is 0 Å². The van der Waals surface area contributed by atoms with Crippen LogP contribution in [-0.4, -0.2) is 58.0 Å². The van der Waals surface area contributed by atoms with Crippen molar-refractivity contribution < 1.29 is 4.79 Å². The lowest BCUT2D eigenvalue weighted by molar-refractivity contribution is -0.120. The lowest BCUT2D eigenvalue weighted by Gasteiger charge is -2.37. The van der Waals surface area contributed by atoms with Crippen LogP contribution in [0.1, 0.15) is 6.92 Å². The minimum atomic E-state index is -0.212. The van der Waals surface area contributed by atoms with Crippen molar-refractivity contribution in [1.82, 2.24) is 19.9 Å². The third-order valence-electron chi connectivity index (χ3n) is 4.98. The number of carbonyl (C=O) groups excluding carboxylic acids is 1. The molecule has 0 bridgehead atoms. The van der Waals surface area contributed by atoms with Gasteiger partial charge in [-0.2, -0.15) is 0 Å². The van der Waals surface area contributed by atoms with Crippen molar-refractivity contribution in [2.75, 3.05) is 36.4 Å². The first-order valence-corrected chi connectivity index (χ1v) is 9.13. The summed E-state index contributed by atoms with van der Waals surface area (Å²) in [6.45, 7) is 5.15. The predicted molar refractivity (Wildman–Crippen MR) is 106 cm³/mol. The van der Waals surface area contributed by atoms with Crippen molar-refractivity contribution in [3.05, 3.63) is 55.0 Å². The van der Waals surface area contributed by atoms with E-state index >= 15 is 0 Å². The lowest BCUT2D eigenvalue weighted by atomic mass is 10.1. The van der Waals surface area contributed by atoms with Crippen LogP contribution < -0.4 is 10.2 Å². The average Bonchev–Trinajstić information content (AvgIpc) is 2.74. The number of rotatable bonds is 4. The van der Waals surface area contributed by atoms with Crippen LogP contribution in [0.15, 0.2) is 55.0 Å². The minimum absolute atomic E-state index is 0.00392. The molecule has 0 spiro atoms. The highest BCUT2D eigenvalue weighted by molar-refractivity contribution is 6.02. The van der Waals surface area contributed by atoms with Gasteiger partial charge in [0.2, 0.25) is 11.9 Å². The van der Waals surface area contributed by atoms with Gasteiger partial charge in [0.05, 0.1) is 17.2 Å². The summed E-state index contributed by atoms with van der Waals surface area (Å²) >= 11 is 0. The van der Waals surface area contributed by atoms with Crippen molar-refractivity contribution in [1.29, 1.82) is 0 Å². The molecule has 0 aliphatic carbocycles. The van der Waals surface area contributed by atoms with Gasteiger partial charge in [0, 0.05) is 50.2 Å². The van der Waals surface area contributed by atoms with Crippen LogP contribution in [0.5, 0.6) is 0 Å². The molecule has 138 valence electrons. The maximum absolute atomic E-state index is 12.8. The van der Waals surface area contributed by atoms with E-state index in [9.17, 15) is 4.79 Å². The van der Waals surface area contributed by atoms with Gasteiger partial charge in [-0.25, -0.2) is 9.97 Å². The number of aromatic nitrogens is 3. The largest absolute Gasteiger partial charge is 0.338 e. The zero-order valence-electron chi connectivity index (χ0n) is 15.2. The monoisotopic (exact) mass is 362 g/mol. The van der Waals surface area contributed by atoms with E-state index in [-0.39, 0.29) is 11.9 Å². The molecule has 7 heteroatoms. The highest BCUT2D eigenvalue weighted by atomic mass is 16.2. The number of fused-ring (bicyclic) bond motifs is 1. The molecule has 1 saturated heterocycles. The maximum Gasteiger partial charge on any atom is 0.241 e. The molecule has 3 aromatic rings. The number of benzene rings is 1. The highest BCUT2D eigenvalue weighted by Crippen LogP contribution is 2.22. The molecule has 0 unspecified atom stereocenters. The molecule has 1 N–H and O–H groups in total. The molecular formula is C20H22N6O. The summed E-state index contributed by atoms with van der Waals surface area (Å²) in [6, 6.07) is 11.2. The van der Waals surface area contributed by atoms with E-state index < -0.39 is 0 Å². The van der Waals surface area contributed by atoms with Crippen LogP contribution in [0.3, 0.4) is 0 Å². The minimum Gasteiger partial charge on any atom is -0.338 e. The van der Waals surface area contributed by atoms with Crippen molar-refractivity contribution in [2.45, 2.75) is 13.0 Å². The first kappa shape index (κ1) is 17.4. The van der Waals surface area contributed by atoms with Gasteiger partial charge in [-0.1, -0.05) is 6.07 Å². The lowest BCUT2D eigenvalue weighted by Crippen LogP contribution is -2.53. The molecule has 1 atom stereocenters. The molecule has 0 saturated carbocycles. The fraction of sp³-hybridized carbons (Fsp3) is 0.300. The zero-order valence-corrected chi connectivity index (χ0v) is 15.2. The van der Waals surface area contributed by atoms with Gasteiger partial charge >= 0.3 is 0 Å². The first-order valence-electron chi connectivity index (χ1n) is 9.13. The van der Waals surface area contributed by atoms with Gasteiger partial charge in [-0.05, 0) is 37.3 Å². The molecule has 1 amide bonds. The third kappa shape index (κ3) is 3.73. The number of hydrogen-bond donors (Lipinski definition) is 1. The Hall–Kier alpha value is -3.06. The van der Waals surface area contributed by atoms with Gasteiger partial charge in [0.1, 0.15) is 0 Å². The van der Waals surface area contributed by atoms with Crippen LogP contribution in [-0.2, 0) is 4.79 Å². The highest BCUT2D eigenvalue weighted by Gasteiger charge is 2.26. The Morgan fingerprint density at radius 2 is 1.70 bits per heavy atom. The standard InChI is InChI=1S/C20H22N6O/c1-15(25-11-13-26(14-12-25)20-22-9-4-10-23-20)19(27)24-18-7-2-6-17-16(18)5-3-8-21-17/h2-10,15H,11-14H2,1H3,(H,24,27)/t15-/m0/s1. The fourth-order valence-corrected chi connectivity index (χ4v) is 3.38. The van der Waals surface area contributed by atoms with Crippen LogP contribution in [0, 0.1) is 0 Å². The molecule has 1 fully saturated rings. The topological polar surface area (TPSA) is 74.2 Å². The van der Waals surface area contributed by atoms with E-state index in [0.29, 0.717) is 0 Å². The number of pyridine rings is 1. The van der Waals surface area contributed by atoms with Crippen LogP contribution in [0.4, 0.5) is 11.6 Å². The second-order valence-electron chi connectivity index (χ2n) is 6.61. The predicted octanol–water partition coefficient (Wildman–Crippen LogP) is 2.17. The van der Waals surface area contributed by atoms with Gasteiger partial charge in [0.25, 0.3) is 0 Å². The van der Waals surface area contributed by atoms with Crippen LogP contribution in [0.25, 0.3) is 10.9 Å². The molecule has 1 aromatic carbocycles. The number of hydrogen-bond acceptors (Lipinski definition) is 6. The SMILES string of the molecule is C[C@@H](C(=O)Nc1cccc2ncccc12)N1CCN(c2ncccn2)CC1. The summed E-state index contributed by atoms with van der Waals surface area (Å²) in [5, 5.41) is 4.02. The summed E-state index contributed by atoms with van der Waals surface area (Å²) in [6.07, 6.45) is 5.26.